The second-order valence-corrected chi connectivity index (χ2v) is 7.72. The predicted octanol–water partition coefficient (Wildman–Crippen LogP) is 3.08. The van der Waals surface area contributed by atoms with Crippen LogP contribution in [0.5, 0.6) is 0 Å². The number of aromatic nitrogens is 2. The number of aryl methyl sites for hydroxylation is 3. The van der Waals surface area contributed by atoms with Crippen LogP contribution in [0.3, 0.4) is 0 Å². The van der Waals surface area contributed by atoms with E-state index >= 15 is 0 Å². The number of para-hydroxylation sites is 1. The first-order valence-corrected chi connectivity index (χ1v) is 9.68. The Hall–Kier alpha value is -2.44. The van der Waals surface area contributed by atoms with Crippen LogP contribution in [0.4, 0.5) is 0 Å². The topological polar surface area (TPSA) is 76.9 Å². The molecule has 4 aromatic rings. The van der Waals surface area contributed by atoms with Crippen LogP contribution >= 0.6 is 0 Å². The highest BCUT2D eigenvalue weighted by atomic mass is 32.2. The molecule has 0 aliphatic heterocycles. The van der Waals surface area contributed by atoms with E-state index in [2.05, 4.69) is 73.2 Å². The first-order chi connectivity index (χ1) is 11.7. The molecule has 5 nitrogen and oxygen atoms in total. The lowest BCUT2D eigenvalue weighted by Gasteiger charge is -2.07. The van der Waals surface area contributed by atoms with Crippen LogP contribution in [0.1, 0.15) is 11.1 Å². The molecule has 0 saturated heterocycles. The molecule has 0 saturated carbocycles. The third-order valence-electron chi connectivity index (χ3n) is 4.36. The standard InChI is InChI=1S/C18H16N2.CH4O3S/c1-11-15-10-20(3)9-8-13(15)12(2)18-17(11)14-6-4-5-7-16(14)19-18;1-5(2,3)4/h4-10H,1-3H3;1H3,(H,2,3,4). The molecule has 0 spiro atoms. The summed E-state index contributed by atoms with van der Waals surface area (Å²) in [6, 6.07) is 10.8. The van der Waals surface area contributed by atoms with Crippen molar-refractivity contribution in [1.29, 1.82) is 0 Å². The number of hydrogen-bond donors (Lipinski definition) is 1. The van der Waals surface area contributed by atoms with Crippen molar-refractivity contribution in [3.8, 4) is 0 Å². The van der Waals surface area contributed by atoms with Crippen LogP contribution in [-0.4, -0.2) is 24.2 Å². The summed E-state index contributed by atoms with van der Waals surface area (Å²) in [7, 11) is -1.84. The van der Waals surface area contributed by atoms with Gasteiger partial charge >= 0.3 is 0 Å². The minimum absolute atomic E-state index is 0.604. The van der Waals surface area contributed by atoms with Crippen LogP contribution in [0.15, 0.2) is 42.7 Å². The molecule has 4 rings (SSSR count). The number of rotatable bonds is 0. The van der Waals surface area contributed by atoms with E-state index in [0.717, 1.165) is 0 Å². The molecule has 0 atom stereocenters. The highest BCUT2D eigenvalue weighted by Crippen LogP contribution is 2.35. The minimum Gasteiger partial charge on any atom is -0.748 e. The Morgan fingerprint density at radius 2 is 1.64 bits per heavy atom. The summed E-state index contributed by atoms with van der Waals surface area (Å²) >= 11 is 0. The van der Waals surface area contributed by atoms with Gasteiger partial charge in [0.1, 0.15) is 7.05 Å². The molecule has 2 aromatic heterocycles. The summed E-state index contributed by atoms with van der Waals surface area (Å²) in [5.41, 5.74) is 5.17. The quantitative estimate of drug-likeness (QED) is 0.388. The van der Waals surface area contributed by atoms with Gasteiger partial charge in [-0.15, -0.1) is 0 Å². The van der Waals surface area contributed by atoms with Gasteiger partial charge in [-0.05, 0) is 36.4 Å². The Balaban J connectivity index is 0.000000324. The summed E-state index contributed by atoms with van der Waals surface area (Å²) in [6.45, 7) is 4.43. The molecule has 130 valence electrons. The lowest BCUT2D eigenvalue weighted by atomic mass is 9.97. The maximum atomic E-state index is 9.08. The van der Waals surface area contributed by atoms with Gasteiger partial charge < -0.3 is 9.54 Å². The Labute approximate surface area is 146 Å². The molecule has 0 bridgehead atoms. The normalized spacial score (nSPS) is 11.7. The van der Waals surface area contributed by atoms with E-state index in [4.69, 9.17) is 13.0 Å². The van der Waals surface area contributed by atoms with Crippen molar-refractivity contribution in [2.75, 3.05) is 6.26 Å². The average Bonchev–Trinajstić information content (AvgIpc) is 2.91. The van der Waals surface area contributed by atoms with Gasteiger partial charge in [0.15, 0.2) is 12.4 Å². The van der Waals surface area contributed by atoms with E-state index in [1.165, 1.54) is 43.7 Å². The summed E-state index contributed by atoms with van der Waals surface area (Å²) in [4.78, 5) is 3.59. The first-order valence-electron chi connectivity index (χ1n) is 7.86. The lowest BCUT2D eigenvalue weighted by molar-refractivity contribution is -0.670. The molecule has 25 heavy (non-hydrogen) atoms. The second kappa shape index (κ2) is 6.13. The lowest BCUT2D eigenvalue weighted by Crippen LogP contribution is -2.26. The minimum atomic E-state index is -3.92. The van der Waals surface area contributed by atoms with Gasteiger partial charge in [-0.25, -0.2) is 13.0 Å². The molecule has 0 amide bonds. The van der Waals surface area contributed by atoms with Crippen molar-refractivity contribution in [2.45, 2.75) is 13.8 Å². The Morgan fingerprint density at radius 1 is 1.00 bits per heavy atom. The molecule has 1 N–H and O–H groups in total. The summed E-state index contributed by atoms with van der Waals surface area (Å²) in [5.74, 6) is 0. The maximum absolute atomic E-state index is 9.08. The van der Waals surface area contributed by atoms with Crippen molar-refractivity contribution in [3.05, 3.63) is 53.9 Å². The summed E-state index contributed by atoms with van der Waals surface area (Å²) in [5, 5.41) is 5.35. The third-order valence-corrected chi connectivity index (χ3v) is 4.36. The van der Waals surface area contributed by atoms with Crippen LogP contribution in [-0.2, 0) is 17.2 Å². The van der Waals surface area contributed by atoms with Gasteiger partial charge in [-0.3, -0.25) is 0 Å². The van der Waals surface area contributed by atoms with E-state index in [9.17, 15) is 0 Å². The van der Waals surface area contributed by atoms with E-state index in [-0.39, 0.29) is 0 Å². The molecule has 2 aromatic carbocycles. The number of fused-ring (bicyclic) bond motifs is 4. The smallest absolute Gasteiger partial charge is 0.176 e. The van der Waals surface area contributed by atoms with E-state index in [0.29, 0.717) is 6.26 Å². The molecule has 0 aliphatic rings. The van der Waals surface area contributed by atoms with Gasteiger partial charge in [0.2, 0.25) is 0 Å². The van der Waals surface area contributed by atoms with E-state index in [1.54, 1.807) is 0 Å². The van der Waals surface area contributed by atoms with Crippen LogP contribution in [0.2, 0.25) is 0 Å². The highest BCUT2D eigenvalue weighted by Gasteiger charge is 2.15. The van der Waals surface area contributed by atoms with Crippen molar-refractivity contribution < 1.29 is 17.5 Å². The summed E-state index contributed by atoms with van der Waals surface area (Å²) < 4.78 is 29.3. The zero-order valence-corrected chi connectivity index (χ0v) is 15.4. The molecule has 0 radical (unpaired) electrons. The van der Waals surface area contributed by atoms with Gasteiger partial charge in [0.25, 0.3) is 0 Å². The van der Waals surface area contributed by atoms with E-state index < -0.39 is 10.1 Å². The number of pyridine rings is 1. The fraction of sp³-hybridized carbons (Fsp3) is 0.211. The number of nitrogens with one attached hydrogen (secondary N) is 1. The first kappa shape index (κ1) is 17.4. The molecule has 0 fully saturated rings. The van der Waals surface area contributed by atoms with Crippen LogP contribution in [0, 0.1) is 13.8 Å². The second-order valence-electron chi connectivity index (χ2n) is 6.31. The van der Waals surface area contributed by atoms with Crippen LogP contribution in [0.25, 0.3) is 32.6 Å². The zero-order valence-electron chi connectivity index (χ0n) is 14.6. The number of H-pyrrole nitrogens is 1. The Morgan fingerprint density at radius 3 is 2.32 bits per heavy atom. The highest BCUT2D eigenvalue weighted by molar-refractivity contribution is 7.84. The van der Waals surface area contributed by atoms with Crippen molar-refractivity contribution in [1.82, 2.24) is 4.98 Å². The maximum Gasteiger partial charge on any atom is 0.176 e. The molecule has 0 unspecified atom stereocenters. The van der Waals surface area contributed by atoms with Crippen LogP contribution < -0.4 is 4.57 Å². The van der Waals surface area contributed by atoms with Crippen molar-refractivity contribution in [3.63, 3.8) is 0 Å². The predicted molar refractivity (Wildman–Crippen MR) is 99.6 cm³/mol. The Kier molecular flexibility index (Phi) is 4.26. The number of hydrogen-bond acceptors (Lipinski definition) is 3. The van der Waals surface area contributed by atoms with Gasteiger partial charge in [-0.2, -0.15) is 0 Å². The SMILES string of the molecule is CS(=O)(=O)[O-].Cc1c2cc[n+](C)cc2c(C)c2c1[nH]c1ccccc12. The van der Waals surface area contributed by atoms with Gasteiger partial charge in [0.05, 0.1) is 15.6 Å². The van der Waals surface area contributed by atoms with Crippen molar-refractivity contribution >= 4 is 42.7 Å². The Bertz CT molecular complexity index is 1200. The fourth-order valence-electron chi connectivity index (χ4n) is 3.31. The van der Waals surface area contributed by atoms with Gasteiger partial charge in [0, 0.05) is 34.0 Å². The summed E-state index contributed by atoms with van der Waals surface area (Å²) in [6.07, 6.45) is 4.94. The molecular formula is C19H20N2O3S. The van der Waals surface area contributed by atoms with E-state index in [1.807, 2.05) is 0 Å². The third kappa shape index (κ3) is 3.36. The average molecular weight is 356 g/mol. The number of aromatic amines is 1. The van der Waals surface area contributed by atoms with Gasteiger partial charge in [-0.1, -0.05) is 18.2 Å². The fourth-order valence-corrected chi connectivity index (χ4v) is 3.31. The zero-order chi connectivity index (χ0) is 18.4. The molecule has 6 heteroatoms. The molecular weight excluding hydrogens is 336 g/mol. The largest absolute Gasteiger partial charge is 0.748 e. The monoisotopic (exact) mass is 356 g/mol. The number of nitrogens with zero attached hydrogens (tertiary/aromatic N) is 1. The molecule has 2 heterocycles. The number of benzene rings is 2. The van der Waals surface area contributed by atoms with Crippen molar-refractivity contribution in [2.24, 2.45) is 7.05 Å². The molecule has 0 aliphatic carbocycles.